The van der Waals surface area contributed by atoms with Crippen molar-refractivity contribution in [1.82, 2.24) is 5.32 Å². The Bertz CT molecular complexity index is 567. The van der Waals surface area contributed by atoms with Crippen molar-refractivity contribution in [2.24, 2.45) is 0 Å². The van der Waals surface area contributed by atoms with E-state index in [1.165, 1.54) is 12.1 Å². The maximum Gasteiger partial charge on any atom is 0.335 e. The SMILES string of the molecule is O=C(O)c1ccc(OCCNC2CCS(=O)(=O)C2)cc1. The van der Waals surface area contributed by atoms with Crippen LogP contribution in [0.15, 0.2) is 24.3 Å². The van der Waals surface area contributed by atoms with E-state index in [0.29, 0.717) is 25.3 Å². The van der Waals surface area contributed by atoms with Gasteiger partial charge in [0.15, 0.2) is 9.84 Å². The van der Waals surface area contributed by atoms with Crippen LogP contribution in [-0.4, -0.2) is 50.2 Å². The van der Waals surface area contributed by atoms with Gasteiger partial charge in [-0.3, -0.25) is 0 Å². The summed E-state index contributed by atoms with van der Waals surface area (Å²) in [6.45, 7) is 0.962. The molecule has 2 N–H and O–H groups in total. The minimum atomic E-state index is -2.86. The van der Waals surface area contributed by atoms with Gasteiger partial charge in [0, 0.05) is 12.6 Å². The Morgan fingerprint density at radius 1 is 1.35 bits per heavy atom. The van der Waals surface area contributed by atoms with Gasteiger partial charge in [-0.1, -0.05) is 0 Å². The van der Waals surface area contributed by atoms with Gasteiger partial charge in [0.05, 0.1) is 17.1 Å². The summed E-state index contributed by atoms with van der Waals surface area (Å²) in [5.74, 6) is 0.0687. The van der Waals surface area contributed by atoms with Crippen molar-refractivity contribution in [2.75, 3.05) is 24.7 Å². The van der Waals surface area contributed by atoms with Gasteiger partial charge in [0.25, 0.3) is 0 Å². The summed E-state index contributed by atoms with van der Waals surface area (Å²) in [6.07, 6.45) is 0.648. The van der Waals surface area contributed by atoms with Gasteiger partial charge >= 0.3 is 5.97 Å². The number of rotatable bonds is 6. The molecule has 1 unspecified atom stereocenters. The Labute approximate surface area is 117 Å². The first-order chi connectivity index (χ1) is 9.46. The normalized spacial score (nSPS) is 20.7. The fourth-order valence-corrected chi connectivity index (χ4v) is 3.79. The van der Waals surface area contributed by atoms with Crippen LogP contribution < -0.4 is 10.1 Å². The highest BCUT2D eigenvalue weighted by molar-refractivity contribution is 7.91. The van der Waals surface area contributed by atoms with Crippen LogP contribution in [0.4, 0.5) is 0 Å². The van der Waals surface area contributed by atoms with Gasteiger partial charge in [0.1, 0.15) is 12.4 Å². The van der Waals surface area contributed by atoms with Crippen molar-refractivity contribution in [3.05, 3.63) is 29.8 Å². The van der Waals surface area contributed by atoms with Crippen molar-refractivity contribution in [1.29, 1.82) is 0 Å². The maximum atomic E-state index is 11.3. The first-order valence-electron chi connectivity index (χ1n) is 6.36. The number of nitrogens with one attached hydrogen (secondary N) is 1. The molecule has 0 saturated carbocycles. The number of aromatic carboxylic acids is 1. The molecule has 0 bridgehead atoms. The summed E-state index contributed by atoms with van der Waals surface area (Å²) in [5.41, 5.74) is 0.214. The summed E-state index contributed by atoms with van der Waals surface area (Å²) in [6, 6.07) is 6.17. The average Bonchev–Trinajstić information content (AvgIpc) is 2.75. The van der Waals surface area contributed by atoms with Crippen LogP contribution in [0.2, 0.25) is 0 Å². The summed E-state index contributed by atoms with van der Waals surface area (Å²) < 4.78 is 28.0. The molecule has 0 spiro atoms. The van der Waals surface area contributed by atoms with Crippen molar-refractivity contribution in [2.45, 2.75) is 12.5 Å². The molecule has 0 radical (unpaired) electrons. The highest BCUT2D eigenvalue weighted by Gasteiger charge is 2.26. The minimum absolute atomic E-state index is 0.0120. The predicted molar refractivity (Wildman–Crippen MR) is 74.0 cm³/mol. The highest BCUT2D eigenvalue weighted by atomic mass is 32.2. The monoisotopic (exact) mass is 299 g/mol. The summed E-state index contributed by atoms with van der Waals surface area (Å²) in [4.78, 5) is 10.7. The lowest BCUT2D eigenvalue weighted by molar-refractivity contribution is 0.0697. The highest BCUT2D eigenvalue weighted by Crippen LogP contribution is 2.13. The van der Waals surface area contributed by atoms with Gasteiger partial charge in [-0.2, -0.15) is 0 Å². The second-order valence-electron chi connectivity index (χ2n) is 4.73. The number of hydrogen-bond donors (Lipinski definition) is 2. The molecule has 0 aromatic heterocycles. The number of carboxylic acids is 1. The summed E-state index contributed by atoms with van der Waals surface area (Å²) in [5, 5.41) is 11.9. The molecule has 2 rings (SSSR count). The molecule has 1 aliphatic heterocycles. The summed E-state index contributed by atoms with van der Waals surface area (Å²) in [7, 11) is -2.86. The first-order valence-corrected chi connectivity index (χ1v) is 8.18. The number of carbonyl (C=O) groups is 1. The van der Waals surface area contributed by atoms with Gasteiger partial charge in [0.2, 0.25) is 0 Å². The van der Waals surface area contributed by atoms with Crippen LogP contribution in [-0.2, 0) is 9.84 Å². The van der Waals surface area contributed by atoms with E-state index >= 15 is 0 Å². The van der Waals surface area contributed by atoms with Crippen LogP contribution >= 0.6 is 0 Å². The minimum Gasteiger partial charge on any atom is -0.492 e. The Morgan fingerprint density at radius 3 is 2.60 bits per heavy atom. The third-order valence-electron chi connectivity index (χ3n) is 3.14. The topological polar surface area (TPSA) is 92.7 Å². The molecule has 20 heavy (non-hydrogen) atoms. The van der Waals surface area contributed by atoms with E-state index < -0.39 is 15.8 Å². The fourth-order valence-electron chi connectivity index (χ4n) is 2.08. The van der Waals surface area contributed by atoms with Gasteiger partial charge in [-0.15, -0.1) is 0 Å². The second-order valence-corrected chi connectivity index (χ2v) is 6.96. The Balaban J connectivity index is 1.70. The van der Waals surface area contributed by atoms with E-state index in [4.69, 9.17) is 9.84 Å². The molecule has 110 valence electrons. The van der Waals surface area contributed by atoms with E-state index in [0.717, 1.165) is 0 Å². The predicted octanol–water partition coefficient (Wildman–Crippen LogP) is 0.540. The van der Waals surface area contributed by atoms with Crippen LogP contribution in [0.3, 0.4) is 0 Å². The van der Waals surface area contributed by atoms with Crippen molar-refractivity contribution >= 4 is 15.8 Å². The molecule has 1 aromatic rings. The Kier molecular flexibility index (Phi) is 4.61. The number of ether oxygens (including phenoxy) is 1. The molecule has 7 heteroatoms. The molecule has 1 atom stereocenters. The average molecular weight is 299 g/mol. The molecule has 0 amide bonds. The molecule has 1 aliphatic rings. The van der Waals surface area contributed by atoms with E-state index in [1.807, 2.05) is 0 Å². The van der Waals surface area contributed by atoms with Gasteiger partial charge in [-0.05, 0) is 30.7 Å². The van der Waals surface area contributed by atoms with Crippen LogP contribution in [0, 0.1) is 0 Å². The van der Waals surface area contributed by atoms with Crippen LogP contribution in [0.25, 0.3) is 0 Å². The molecule has 6 nitrogen and oxygen atoms in total. The lowest BCUT2D eigenvalue weighted by atomic mass is 10.2. The number of hydrogen-bond acceptors (Lipinski definition) is 5. The molecule has 1 saturated heterocycles. The molecular formula is C13H17NO5S. The Hall–Kier alpha value is -1.60. The standard InChI is InChI=1S/C13H17NO5S/c15-13(16)10-1-3-12(4-2-10)19-7-6-14-11-5-8-20(17,18)9-11/h1-4,11,14H,5-9H2,(H,15,16). The van der Waals surface area contributed by atoms with Crippen molar-refractivity contribution < 1.29 is 23.1 Å². The lowest BCUT2D eigenvalue weighted by Gasteiger charge is -2.11. The molecule has 1 fully saturated rings. The number of benzene rings is 1. The Morgan fingerprint density at radius 2 is 2.05 bits per heavy atom. The van der Waals surface area contributed by atoms with E-state index in [9.17, 15) is 13.2 Å². The van der Waals surface area contributed by atoms with Gasteiger partial charge < -0.3 is 15.2 Å². The van der Waals surface area contributed by atoms with Crippen LogP contribution in [0.5, 0.6) is 5.75 Å². The van der Waals surface area contributed by atoms with Crippen molar-refractivity contribution in [3.8, 4) is 5.75 Å². The lowest BCUT2D eigenvalue weighted by Crippen LogP contribution is -2.33. The number of sulfone groups is 1. The first kappa shape index (κ1) is 14.8. The second kappa shape index (κ2) is 6.23. The zero-order chi connectivity index (χ0) is 14.6. The zero-order valence-electron chi connectivity index (χ0n) is 10.9. The molecular weight excluding hydrogens is 282 g/mol. The molecule has 1 heterocycles. The largest absolute Gasteiger partial charge is 0.492 e. The molecule has 0 aliphatic carbocycles. The fraction of sp³-hybridized carbons (Fsp3) is 0.462. The summed E-state index contributed by atoms with van der Waals surface area (Å²) >= 11 is 0. The third kappa shape index (κ3) is 4.21. The molecule has 1 aromatic carbocycles. The smallest absolute Gasteiger partial charge is 0.335 e. The van der Waals surface area contributed by atoms with Gasteiger partial charge in [-0.25, -0.2) is 13.2 Å². The quantitative estimate of drug-likeness (QED) is 0.745. The zero-order valence-corrected chi connectivity index (χ0v) is 11.7. The number of carboxylic acid groups (broad SMARTS) is 1. The van der Waals surface area contributed by atoms with E-state index in [1.54, 1.807) is 12.1 Å². The van der Waals surface area contributed by atoms with E-state index in [2.05, 4.69) is 5.32 Å². The maximum absolute atomic E-state index is 11.3. The third-order valence-corrected chi connectivity index (χ3v) is 4.91. The van der Waals surface area contributed by atoms with E-state index in [-0.39, 0.29) is 23.1 Å². The van der Waals surface area contributed by atoms with Crippen LogP contribution in [0.1, 0.15) is 16.8 Å². The van der Waals surface area contributed by atoms with Crippen molar-refractivity contribution in [3.63, 3.8) is 0 Å².